The number of ether oxygens (including phenoxy) is 1. The summed E-state index contributed by atoms with van der Waals surface area (Å²) in [6, 6.07) is 1.68. The van der Waals surface area contributed by atoms with Gasteiger partial charge in [0.25, 0.3) is 11.5 Å². The van der Waals surface area contributed by atoms with Gasteiger partial charge >= 0.3 is 5.97 Å². The van der Waals surface area contributed by atoms with Gasteiger partial charge in [-0.1, -0.05) is 11.6 Å². The molecule has 2 rings (SSSR count). The molecule has 0 aliphatic carbocycles. The molecule has 0 bridgehead atoms. The van der Waals surface area contributed by atoms with Crippen molar-refractivity contribution in [3.8, 4) is 5.69 Å². The van der Waals surface area contributed by atoms with E-state index in [-0.39, 0.29) is 16.5 Å². The van der Waals surface area contributed by atoms with Crippen LogP contribution in [0.1, 0.15) is 10.6 Å². The second kappa shape index (κ2) is 5.21. The lowest BCUT2D eigenvalue weighted by molar-refractivity contribution is -0.384. The minimum atomic E-state index is -0.935. The first-order valence-corrected chi connectivity index (χ1v) is 5.45. The molecule has 0 amide bonds. The maximum atomic E-state index is 13.3. The zero-order valence-corrected chi connectivity index (χ0v) is 10.7. The average molecular weight is 301 g/mol. The van der Waals surface area contributed by atoms with Crippen LogP contribution in [0.4, 0.5) is 10.1 Å². The summed E-state index contributed by atoms with van der Waals surface area (Å²) in [7, 11) is 1.14. The zero-order chi connectivity index (χ0) is 14.9. The number of esters is 1. The van der Waals surface area contributed by atoms with Gasteiger partial charge in [0.05, 0.1) is 23.1 Å². The van der Waals surface area contributed by atoms with Crippen molar-refractivity contribution in [3.05, 3.63) is 45.2 Å². The lowest BCUT2D eigenvalue weighted by Crippen LogP contribution is -2.06. The summed E-state index contributed by atoms with van der Waals surface area (Å²) in [5.74, 6) is -2.03. The molecule has 2 aromatic rings. The molecule has 0 unspecified atom stereocenters. The Kier molecular flexibility index (Phi) is 3.61. The second-order valence-electron chi connectivity index (χ2n) is 3.52. The minimum absolute atomic E-state index is 0.121. The van der Waals surface area contributed by atoms with Gasteiger partial charge in [-0.15, -0.1) is 5.10 Å². The number of nitrogens with zero attached hydrogens (tertiary/aromatic N) is 4. The smallest absolute Gasteiger partial charge is 0.377 e. The van der Waals surface area contributed by atoms with Crippen LogP contribution in [0, 0.1) is 15.9 Å². The number of nitro benzene ring substituents is 1. The summed E-state index contributed by atoms with van der Waals surface area (Å²) in [5, 5.41) is 14.3. The number of methoxy groups -OCH3 is 1. The Morgan fingerprint density at radius 2 is 2.25 bits per heavy atom. The van der Waals surface area contributed by atoms with E-state index in [0.717, 1.165) is 24.2 Å². The molecule has 0 aliphatic heterocycles. The minimum Gasteiger partial charge on any atom is -0.463 e. The number of hydrogen-bond acceptors (Lipinski definition) is 6. The van der Waals surface area contributed by atoms with Crippen LogP contribution in [-0.4, -0.2) is 32.8 Å². The van der Waals surface area contributed by atoms with Crippen LogP contribution >= 0.6 is 11.6 Å². The number of halogens is 2. The van der Waals surface area contributed by atoms with Gasteiger partial charge in [-0.05, 0) is 6.07 Å². The molecule has 0 saturated carbocycles. The number of nitro groups is 1. The largest absolute Gasteiger partial charge is 0.463 e. The van der Waals surface area contributed by atoms with Gasteiger partial charge in [0.15, 0.2) is 0 Å². The van der Waals surface area contributed by atoms with E-state index in [1.165, 1.54) is 0 Å². The van der Waals surface area contributed by atoms with E-state index in [4.69, 9.17) is 11.6 Å². The molecule has 0 aliphatic rings. The van der Waals surface area contributed by atoms with Crippen LogP contribution in [0.15, 0.2) is 18.5 Å². The van der Waals surface area contributed by atoms with Crippen molar-refractivity contribution in [1.82, 2.24) is 14.8 Å². The predicted octanol–water partition coefficient (Wildman–Crippen LogP) is 1.75. The fourth-order valence-corrected chi connectivity index (χ4v) is 1.58. The fraction of sp³-hybridized carbons (Fsp3) is 0.100. The summed E-state index contributed by atoms with van der Waals surface area (Å²) in [6.45, 7) is 0. The van der Waals surface area contributed by atoms with Crippen LogP contribution in [0.2, 0.25) is 5.02 Å². The van der Waals surface area contributed by atoms with Crippen LogP contribution < -0.4 is 0 Å². The summed E-state index contributed by atoms with van der Waals surface area (Å²) >= 11 is 5.59. The van der Waals surface area contributed by atoms with Crippen molar-refractivity contribution >= 4 is 23.3 Å². The summed E-state index contributed by atoms with van der Waals surface area (Å²) in [5.41, 5.74) is -0.683. The maximum Gasteiger partial charge on any atom is 0.377 e. The molecule has 1 aromatic heterocycles. The third-order valence-electron chi connectivity index (χ3n) is 2.32. The molecule has 8 nitrogen and oxygen atoms in total. The number of carbonyl (C=O) groups is 1. The highest BCUT2D eigenvalue weighted by Gasteiger charge is 2.21. The Morgan fingerprint density at radius 3 is 2.85 bits per heavy atom. The fourth-order valence-electron chi connectivity index (χ4n) is 1.42. The number of carbonyl (C=O) groups excluding carboxylic acids is 1. The van der Waals surface area contributed by atoms with Crippen molar-refractivity contribution in [3.63, 3.8) is 0 Å². The predicted molar refractivity (Wildman–Crippen MR) is 64.3 cm³/mol. The van der Waals surface area contributed by atoms with Crippen molar-refractivity contribution in [1.29, 1.82) is 0 Å². The number of aromatic nitrogens is 3. The number of hydrogen-bond donors (Lipinski definition) is 0. The first kappa shape index (κ1) is 13.9. The highest BCUT2D eigenvalue weighted by molar-refractivity contribution is 6.31. The summed E-state index contributed by atoms with van der Waals surface area (Å²) in [6.07, 6.45) is 1.06. The highest BCUT2D eigenvalue weighted by Crippen LogP contribution is 2.28. The van der Waals surface area contributed by atoms with E-state index in [9.17, 15) is 19.3 Å². The third kappa shape index (κ3) is 2.43. The molecule has 0 spiro atoms. The molecular weight excluding hydrogens is 295 g/mol. The van der Waals surface area contributed by atoms with E-state index in [2.05, 4.69) is 14.8 Å². The van der Waals surface area contributed by atoms with Crippen molar-refractivity contribution in [2.75, 3.05) is 7.11 Å². The first-order valence-electron chi connectivity index (χ1n) is 5.08. The third-order valence-corrected chi connectivity index (χ3v) is 2.61. The number of benzene rings is 1. The van der Waals surface area contributed by atoms with E-state index >= 15 is 0 Å². The Labute approximate surface area is 115 Å². The van der Waals surface area contributed by atoms with Crippen LogP contribution in [-0.2, 0) is 4.74 Å². The van der Waals surface area contributed by atoms with E-state index in [1.807, 2.05) is 0 Å². The molecule has 0 N–H and O–H groups in total. The molecule has 20 heavy (non-hydrogen) atoms. The SMILES string of the molecule is COC(=O)c1ncn(-c2cc(Cl)c(F)cc2[N+](=O)[O-])n1. The van der Waals surface area contributed by atoms with E-state index < -0.39 is 22.4 Å². The summed E-state index contributed by atoms with van der Waals surface area (Å²) < 4.78 is 18.6. The molecule has 0 fully saturated rings. The molecule has 0 radical (unpaired) electrons. The normalized spacial score (nSPS) is 10.3. The first-order chi connectivity index (χ1) is 9.43. The van der Waals surface area contributed by atoms with Gasteiger partial charge in [0.2, 0.25) is 0 Å². The monoisotopic (exact) mass is 300 g/mol. The topological polar surface area (TPSA) is 100 Å². The van der Waals surface area contributed by atoms with Gasteiger partial charge in [-0.2, -0.15) is 0 Å². The standard InChI is InChI=1S/C10H6ClFN4O4/c1-20-10(17)9-13-4-15(14-9)7-2-5(11)6(12)3-8(7)16(18)19/h2-4H,1H3. The second-order valence-corrected chi connectivity index (χ2v) is 3.92. The van der Waals surface area contributed by atoms with Gasteiger partial charge in [0, 0.05) is 0 Å². The molecule has 1 heterocycles. The van der Waals surface area contributed by atoms with Crippen molar-refractivity contribution in [2.45, 2.75) is 0 Å². The summed E-state index contributed by atoms with van der Waals surface area (Å²) in [4.78, 5) is 25.0. The van der Waals surface area contributed by atoms with Crippen LogP contribution in [0.25, 0.3) is 5.69 Å². The van der Waals surface area contributed by atoms with Gasteiger partial charge < -0.3 is 4.74 Å². The molecule has 10 heteroatoms. The zero-order valence-electron chi connectivity index (χ0n) is 9.91. The van der Waals surface area contributed by atoms with Crippen LogP contribution in [0.5, 0.6) is 0 Å². The quantitative estimate of drug-likeness (QED) is 0.486. The Bertz CT molecular complexity index is 703. The van der Waals surface area contributed by atoms with Crippen LogP contribution in [0.3, 0.4) is 0 Å². The van der Waals surface area contributed by atoms with Gasteiger partial charge in [-0.3, -0.25) is 10.1 Å². The number of rotatable bonds is 3. The average Bonchev–Trinajstić information content (AvgIpc) is 2.89. The lowest BCUT2D eigenvalue weighted by Gasteiger charge is -2.03. The molecular formula is C10H6ClFN4O4. The van der Waals surface area contributed by atoms with Gasteiger partial charge in [0.1, 0.15) is 17.8 Å². The van der Waals surface area contributed by atoms with Crippen molar-refractivity contribution < 1.29 is 18.8 Å². The maximum absolute atomic E-state index is 13.3. The highest BCUT2D eigenvalue weighted by atomic mass is 35.5. The van der Waals surface area contributed by atoms with Gasteiger partial charge in [-0.25, -0.2) is 18.9 Å². The Morgan fingerprint density at radius 1 is 1.55 bits per heavy atom. The Hall–Kier alpha value is -2.55. The molecule has 0 atom stereocenters. The van der Waals surface area contributed by atoms with E-state index in [1.54, 1.807) is 0 Å². The van der Waals surface area contributed by atoms with Crippen molar-refractivity contribution in [2.24, 2.45) is 0 Å². The molecule has 1 aromatic carbocycles. The lowest BCUT2D eigenvalue weighted by atomic mass is 10.2. The van der Waals surface area contributed by atoms with E-state index in [0.29, 0.717) is 6.07 Å². The molecule has 104 valence electrons. The molecule has 0 saturated heterocycles. The Balaban J connectivity index is 2.57.